The van der Waals surface area contributed by atoms with E-state index in [4.69, 9.17) is 0 Å². The molecule has 12 rings (SSSR count). The van der Waals surface area contributed by atoms with Crippen molar-refractivity contribution in [3.63, 3.8) is 0 Å². The molecule has 4 aromatic rings. The predicted octanol–water partition coefficient (Wildman–Crippen LogP) is 15.9. The van der Waals surface area contributed by atoms with Crippen LogP contribution in [-0.2, 0) is 34.5 Å². The van der Waals surface area contributed by atoms with Crippen LogP contribution < -0.4 is 9.80 Å². The maximum atomic E-state index is 2.88. The summed E-state index contributed by atoms with van der Waals surface area (Å²) in [5.74, 6) is 1.52. The Kier molecular flexibility index (Phi) is 8.21. The van der Waals surface area contributed by atoms with Crippen LogP contribution in [0.3, 0.4) is 0 Å². The molecule has 2 nitrogen and oxygen atoms in total. The van der Waals surface area contributed by atoms with E-state index >= 15 is 0 Å². The van der Waals surface area contributed by atoms with E-state index in [0.717, 1.165) is 11.8 Å². The fourth-order valence-corrected chi connectivity index (χ4v) is 18.1. The van der Waals surface area contributed by atoms with Crippen LogP contribution in [0.25, 0.3) is 11.1 Å². The Morgan fingerprint density at radius 1 is 0.492 bits per heavy atom. The van der Waals surface area contributed by atoms with Crippen LogP contribution in [-0.4, -0.2) is 11.1 Å². The Morgan fingerprint density at radius 3 is 1.33 bits per heavy atom. The maximum Gasteiger partial charge on any atom is 0.0517 e. The molecule has 8 aliphatic rings. The second-order valence-corrected chi connectivity index (χ2v) is 23.3. The Bertz CT molecular complexity index is 2310. The highest BCUT2D eigenvalue weighted by molar-refractivity contribution is 5.91. The van der Waals surface area contributed by atoms with E-state index in [-0.39, 0.29) is 32.7 Å². The van der Waals surface area contributed by atoms with E-state index in [1.807, 2.05) is 0 Å². The summed E-state index contributed by atoms with van der Waals surface area (Å²) in [4.78, 5) is 5.76. The minimum atomic E-state index is 0.0765. The summed E-state index contributed by atoms with van der Waals surface area (Å²) in [6.07, 6.45) is 23.3. The molecule has 8 atom stereocenters. The highest BCUT2D eigenvalue weighted by atomic mass is 15.3. The van der Waals surface area contributed by atoms with E-state index in [1.54, 1.807) is 44.5 Å². The zero-order chi connectivity index (χ0) is 42.0. The second-order valence-electron chi connectivity index (χ2n) is 23.3. The molecule has 61 heavy (non-hydrogen) atoms. The zero-order valence-electron chi connectivity index (χ0n) is 39.2. The van der Waals surface area contributed by atoms with E-state index in [1.165, 1.54) is 138 Å². The third kappa shape index (κ3) is 4.30. The molecular formula is C59H74N2. The van der Waals surface area contributed by atoms with Gasteiger partial charge in [0.25, 0.3) is 0 Å². The summed E-state index contributed by atoms with van der Waals surface area (Å²) in [5, 5.41) is 0. The first-order chi connectivity index (χ1) is 29.4. The highest BCUT2D eigenvalue weighted by Crippen LogP contribution is 3.02. The number of nitrogens with zero attached hydrogens (tertiary/aromatic N) is 2. The summed E-state index contributed by atoms with van der Waals surface area (Å²) < 4.78 is 0. The number of hydrogen-bond donors (Lipinski definition) is 0. The van der Waals surface area contributed by atoms with Gasteiger partial charge in [0.15, 0.2) is 0 Å². The van der Waals surface area contributed by atoms with E-state index in [0.29, 0.717) is 5.41 Å². The smallest absolute Gasteiger partial charge is 0.0517 e. The van der Waals surface area contributed by atoms with Gasteiger partial charge in [0, 0.05) is 44.4 Å². The SMILES string of the molecule is CCCCCc1ccc2c(c1)C1(C)CCCCC1(C)N2c1ccc2c(c1)[C@@]13CC(C)C14C(C)C[C@]43c1cc(N3c4ccc(CCCCC)cc4C4(C)CCCCC34C)ccc1-2. The van der Waals surface area contributed by atoms with Crippen LogP contribution in [0.5, 0.6) is 0 Å². The molecule has 6 unspecified atom stereocenters. The molecule has 6 aliphatic carbocycles. The van der Waals surface area contributed by atoms with Gasteiger partial charge in [-0.05, 0) is 176 Å². The van der Waals surface area contributed by atoms with E-state index in [2.05, 4.69) is 138 Å². The molecule has 0 N–H and O–H groups in total. The third-order valence-electron chi connectivity index (χ3n) is 21.1. The summed E-state index contributed by atoms with van der Waals surface area (Å²) in [6, 6.07) is 31.2. The number of rotatable bonds is 10. The van der Waals surface area contributed by atoms with Crippen molar-refractivity contribution in [2.24, 2.45) is 17.3 Å². The Balaban J connectivity index is 0.992. The zero-order valence-corrected chi connectivity index (χ0v) is 39.2. The van der Waals surface area contributed by atoms with Gasteiger partial charge in [0.2, 0.25) is 0 Å². The van der Waals surface area contributed by atoms with Gasteiger partial charge in [0.05, 0.1) is 11.1 Å². The lowest BCUT2D eigenvalue weighted by molar-refractivity contribution is 0.0291. The molecule has 4 aromatic carbocycles. The van der Waals surface area contributed by atoms with Crippen molar-refractivity contribution >= 4 is 22.7 Å². The van der Waals surface area contributed by atoms with Crippen LogP contribution in [0.2, 0.25) is 0 Å². The summed E-state index contributed by atoms with van der Waals surface area (Å²) in [5.41, 5.74) is 20.1. The average Bonchev–Trinajstić information content (AvgIpc) is 3.36. The quantitative estimate of drug-likeness (QED) is 0.147. The van der Waals surface area contributed by atoms with Gasteiger partial charge in [-0.15, -0.1) is 0 Å². The number of unbranched alkanes of at least 4 members (excludes halogenated alkanes) is 4. The van der Waals surface area contributed by atoms with Gasteiger partial charge in [0.1, 0.15) is 0 Å². The first kappa shape index (κ1) is 39.1. The minimum Gasteiger partial charge on any atom is -0.334 e. The predicted molar refractivity (Wildman–Crippen MR) is 257 cm³/mol. The molecule has 2 heterocycles. The fraction of sp³-hybridized carbons (Fsp3) is 0.593. The molecule has 0 amide bonds. The van der Waals surface area contributed by atoms with Crippen molar-refractivity contribution in [2.45, 2.75) is 204 Å². The Morgan fingerprint density at radius 2 is 0.918 bits per heavy atom. The van der Waals surface area contributed by atoms with Crippen molar-refractivity contribution in [1.29, 1.82) is 0 Å². The maximum absolute atomic E-state index is 2.88. The number of benzene rings is 4. The van der Waals surface area contributed by atoms with Crippen molar-refractivity contribution in [3.05, 3.63) is 106 Å². The molecule has 0 saturated heterocycles. The van der Waals surface area contributed by atoms with Crippen LogP contribution in [0.4, 0.5) is 22.7 Å². The lowest BCUT2D eigenvalue weighted by Crippen LogP contribution is -2.54. The van der Waals surface area contributed by atoms with Gasteiger partial charge in [-0.1, -0.05) is 129 Å². The van der Waals surface area contributed by atoms with Crippen molar-refractivity contribution in [1.82, 2.24) is 0 Å². The number of fused-ring (bicyclic) bond motifs is 9. The van der Waals surface area contributed by atoms with Crippen molar-refractivity contribution < 1.29 is 0 Å². The topological polar surface area (TPSA) is 6.48 Å². The summed E-state index contributed by atoms with van der Waals surface area (Å²) in [6.45, 7) is 20.4. The molecular weight excluding hydrogens is 737 g/mol. The molecule has 5 saturated carbocycles. The van der Waals surface area contributed by atoms with Crippen LogP contribution >= 0.6 is 0 Å². The molecule has 5 fully saturated rings. The largest absolute Gasteiger partial charge is 0.334 e. The van der Waals surface area contributed by atoms with Gasteiger partial charge in [-0.3, -0.25) is 0 Å². The van der Waals surface area contributed by atoms with Crippen molar-refractivity contribution in [3.8, 4) is 11.1 Å². The molecule has 0 aromatic heterocycles. The standard InChI is InChI=1S/C59H74N2/c1-9-11-13-19-41-21-27-51-49(33-41)53(5)29-15-17-31-55(53,7)60(51)43-23-25-45-46-26-24-44(36-48(46)58-38-40(4)59(58)39(3)37-57(58,59)47(45)35-43)61-52-28-22-42(20-14-12-10-2)34-50(52)54(6)30-16-18-32-56(54,61)8/h21-28,33-36,39-40H,9-20,29-32,37-38H2,1-8H3/t39?,40?,53?,54?,55?,56?,57-,58-,59?/m1/s1. The van der Waals surface area contributed by atoms with Crippen LogP contribution in [0, 0.1) is 17.3 Å². The van der Waals surface area contributed by atoms with Gasteiger partial charge in [-0.25, -0.2) is 0 Å². The first-order valence-corrected chi connectivity index (χ1v) is 25.6. The minimum absolute atomic E-state index is 0.0765. The van der Waals surface area contributed by atoms with Gasteiger partial charge in [-0.2, -0.15) is 0 Å². The Hall–Kier alpha value is -3.52. The molecule has 3 spiro atoms. The van der Waals surface area contributed by atoms with Gasteiger partial charge >= 0.3 is 0 Å². The van der Waals surface area contributed by atoms with Gasteiger partial charge < -0.3 is 9.80 Å². The number of hydrogen-bond acceptors (Lipinski definition) is 2. The highest BCUT2D eigenvalue weighted by Gasteiger charge is 3.01. The van der Waals surface area contributed by atoms with Crippen molar-refractivity contribution in [2.75, 3.05) is 9.80 Å². The van der Waals surface area contributed by atoms with E-state index in [9.17, 15) is 0 Å². The van der Waals surface area contributed by atoms with Crippen LogP contribution in [0.15, 0.2) is 72.8 Å². The lowest BCUT2D eigenvalue weighted by Gasteiger charge is -2.51. The fourth-order valence-electron chi connectivity index (χ4n) is 18.1. The number of aryl methyl sites for hydroxylation is 2. The molecule has 0 bridgehead atoms. The third-order valence-corrected chi connectivity index (χ3v) is 21.1. The monoisotopic (exact) mass is 811 g/mol. The molecule has 2 heteroatoms. The summed E-state index contributed by atoms with van der Waals surface area (Å²) >= 11 is 0. The Labute approximate surface area is 369 Å². The molecule has 2 aliphatic heterocycles. The average molecular weight is 811 g/mol. The van der Waals surface area contributed by atoms with Crippen LogP contribution in [0.1, 0.15) is 192 Å². The lowest BCUT2D eigenvalue weighted by atomic mass is 9.54. The molecule has 0 radical (unpaired) electrons. The normalized spacial score (nSPS) is 37.8. The summed E-state index contributed by atoms with van der Waals surface area (Å²) in [7, 11) is 0. The van der Waals surface area contributed by atoms with E-state index < -0.39 is 0 Å². The molecule has 320 valence electrons. The second kappa shape index (κ2) is 12.8. The first-order valence-electron chi connectivity index (χ1n) is 25.6. The number of anilines is 4.